The van der Waals surface area contributed by atoms with Gasteiger partial charge in [-0.25, -0.2) is 0 Å². The quantitative estimate of drug-likeness (QED) is 0.626. The number of carbonyl (C=O) groups excluding carboxylic acids is 1. The minimum absolute atomic E-state index is 0.0240. The summed E-state index contributed by atoms with van der Waals surface area (Å²) in [6, 6.07) is 7.62. The second-order valence-electron chi connectivity index (χ2n) is 6.66. The summed E-state index contributed by atoms with van der Waals surface area (Å²) in [7, 11) is 1.59. The average Bonchev–Trinajstić information content (AvgIpc) is 3.08. The van der Waals surface area contributed by atoms with Crippen LogP contribution in [-0.4, -0.2) is 35.0 Å². The minimum atomic E-state index is -0.0240. The summed E-state index contributed by atoms with van der Waals surface area (Å²) >= 11 is 1.24. The number of methoxy groups -OCH3 is 1. The fraction of sp³-hybridized carbons (Fsp3) is 0.526. The molecule has 2 aromatic rings. The lowest BCUT2D eigenvalue weighted by atomic mass is 10.0. The van der Waals surface area contributed by atoms with E-state index < -0.39 is 0 Å². The van der Waals surface area contributed by atoms with E-state index in [1.807, 2.05) is 31.2 Å². The van der Waals surface area contributed by atoms with E-state index in [0.717, 1.165) is 18.4 Å². The van der Waals surface area contributed by atoms with Gasteiger partial charge in [0, 0.05) is 6.04 Å². The summed E-state index contributed by atoms with van der Waals surface area (Å²) < 4.78 is 10.9. The Kier molecular flexibility index (Phi) is 7.97. The van der Waals surface area contributed by atoms with Gasteiger partial charge in [0.05, 0.1) is 18.4 Å². The van der Waals surface area contributed by atoms with Crippen molar-refractivity contribution in [2.24, 2.45) is 5.92 Å². The molecule has 0 aliphatic heterocycles. The van der Waals surface area contributed by atoms with Crippen LogP contribution in [0.5, 0.6) is 5.75 Å². The number of para-hydroxylation sites is 1. The largest absolute Gasteiger partial charge is 0.496 e. The van der Waals surface area contributed by atoms with Crippen LogP contribution in [0.2, 0.25) is 0 Å². The highest BCUT2D eigenvalue weighted by atomic mass is 32.2. The Morgan fingerprint density at radius 1 is 1.23 bits per heavy atom. The number of ether oxygens (including phenoxy) is 1. The Hall–Kier alpha value is -2.02. The third kappa shape index (κ3) is 6.37. The molecule has 0 saturated carbocycles. The van der Waals surface area contributed by atoms with Gasteiger partial charge >= 0.3 is 0 Å². The van der Waals surface area contributed by atoms with Gasteiger partial charge in [-0.2, -0.15) is 0 Å². The number of benzene rings is 1. The summed E-state index contributed by atoms with van der Waals surface area (Å²) in [5.74, 6) is 1.97. The van der Waals surface area contributed by atoms with E-state index in [0.29, 0.717) is 22.8 Å². The van der Waals surface area contributed by atoms with E-state index in [2.05, 4.69) is 29.4 Å². The number of rotatable bonds is 10. The van der Waals surface area contributed by atoms with Crippen molar-refractivity contribution < 1.29 is 13.9 Å². The van der Waals surface area contributed by atoms with Gasteiger partial charge in [-0.05, 0) is 31.4 Å². The zero-order valence-corrected chi connectivity index (χ0v) is 16.6. The zero-order valence-electron chi connectivity index (χ0n) is 15.8. The van der Waals surface area contributed by atoms with E-state index >= 15 is 0 Å². The molecule has 1 N–H and O–H groups in total. The predicted molar refractivity (Wildman–Crippen MR) is 103 cm³/mol. The Labute approximate surface area is 159 Å². The lowest BCUT2D eigenvalue weighted by Crippen LogP contribution is -2.33. The zero-order chi connectivity index (χ0) is 18.9. The summed E-state index contributed by atoms with van der Waals surface area (Å²) in [5, 5.41) is 11.4. The van der Waals surface area contributed by atoms with Gasteiger partial charge in [0.2, 0.25) is 5.91 Å². The summed E-state index contributed by atoms with van der Waals surface area (Å²) in [5.41, 5.74) is 0.734. The molecule has 6 nitrogen and oxygen atoms in total. The molecule has 0 radical (unpaired) electrons. The van der Waals surface area contributed by atoms with E-state index in [4.69, 9.17) is 9.15 Å². The van der Waals surface area contributed by atoms with Crippen LogP contribution in [0.3, 0.4) is 0 Å². The number of aromatic nitrogens is 2. The third-order valence-electron chi connectivity index (χ3n) is 3.90. The molecule has 0 bridgehead atoms. The van der Waals surface area contributed by atoms with Crippen molar-refractivity contribution in [1.29, 1.82) is 0 Å². The number of carbonyl (C=O) groups is 1. The number of amides is 1. The predicted octanol–water partition coefficient (Wildman–Crippen LogP) is 4.17. The maximum Gasteiger partial charge on any atom is 0.277 e. The number of hydrogen-bond donors (Lipinski definition) is 1. The molecule has 26 heavy (non-hydrogen) atoms. The van der Waals surface area contributed by atoms with Gasteiger partial charge in [0.15, 0.2) is 0 Å². The molecule has 1 aromatic carbocycles. The van der Waals surface area contributed by atoms with Crippen molar-refractivity contribution in [2.45, 2.75) is 51.3 Å². The number of nitrogens with zero attached hydrogens (tertiary/aromatic N) is 2. The first-order chi connectivity index (χ1) is 12.5. The SMILES string of the molecule is COc1ccccc1-c1nnc(SCC(=O)NC(C)CCCC(C)C)o1. The normalized spacial score (nSPS) is 12.2. The molecule has 1 atom stereocenters. The lowest BCUT2D eigenvalue weighted by molar-refractivity contribution is -0.119. The molecule has 7 heteroatoms. The Bertz CT molecular complexity index is 703. The van der Waals surface area contributed by atoms with Crippen LogP contribution >= 0.6 is 11.8 Å². The van der Waals surface area contributed by atoms with Crippen LogP contribution in [0.4, 0.5) is 0 Å². The van der Waals surface area contributed by atoms with E-state index in [-0.39, 0.29) is 17.7 Å². The number of thioether (sulfide) groups is 1. The van der Waals surface area contributed by atoms with Crippen LogP contribution in [-0.2, 0) is 4.79 Å². The monoisotopic (exact) mass is 377 g/mol. The molecule has 1 aromatic heterocycles. The van der Waals surface area contributed by atoms with E-state index in [1.54, 1.807) is 7.11 Å². The van der Waals surface area contributed by atoms with E-state index in [1.165, 1.54) is 18.2 Å². The molecule has 2 rings (SSSR count). The van der Waals surface area contributed by atoms with Crippen molar-refractivity contribution in [3.8, 4) is 17.2 Å². The highest BCUT2D eigenvalue weighted by molar-refractivity contribution is 7.99. The number of hydrogen-bond acceptors (Lipinski definition) is 6. The van der Waals surface area contributed by atoms with Crippen molar-refractivity contribution in [3.63, 3.8) is 0 Å². The second-order valence-corrected chi connectivity index (χ2v) is 7.58. The van der Waals surface area contributed by atoms with Crippen molar-refractivity contribution in [2.75, 3.05) is 12.9 Å². The molecular formula is C19H27N3O3S. The van der Waals surface area contributed by atoms with Crippen LogP contribution in [0.1, 0.15) is 40.0 Å². The maximum absolute atomic E-state index is 12.1. The Morgan fingerprint density at radius 2 is 2.00 bits per heavy atom. The first-order valence-electron chi connectivity index (χ1n) is 8.88. The van der Waals surface area contributed by atoms with Gasteiger partial charge in [-0.3, -0.25) is 4.79 Å². The number of nitrogens with one attached hydrogen (secondary N) is 1. The molecule has 142 valence electrons. The van der Waals surface area contributed by atoms with Crippen molar-refractivity contribution in [1.82, 2.24) is 15.5 Å². The molecule has 1 unspecified atom stereocenters. The highest BCUT2D eigenvalue weighted by Gasteiger charge is 2.15. The fourth-order valence-electron chi connectivity index (χ4n) is 2.55. The standard InChI is InChI=1S/C19H27N3O3S/c1-13(2)8-7-9-14(3)20-17(23)12-26-19-22-21-18(25-19)15-10-5-6-11-16(15)24-4/h5-6,10-11,13-14H,7-9,12H2,1-4H3,(H,20,23). The Balaban J connectivity index is 1.81. The first kappa shape index (κ1) is 20.3. The summed E-state index contributed by atoms with van der Waals surface area (Å²) in [4.78, 5) is 12.1. The van der Waals surface area contributed by atoms with Crippen LogP contribution in [0, 0.1) is 5.92 Å². The molecule has 0 aliphatic carbocycles. The van der Waals surface area contributed by atoms with Crippen LogP contribution < -0.4 is 10.1 Å². The second kappa shape index (κ2) is 10.2. The van der Waals surface area contributed by atoms with Gasteiger partial charge in [-0.1, -0.05) is 50.6 Å². The smallest absolute Gasteiger partial charge is 0.277 e. The molecule has 0 aliphatic rings. The maximum atomic E-state index is 12.1. The van der Waals surface area contributed by atoms with Crippen LogP contribution in [0.25, 0.3) is 11.5 Å². The molecule has 0 spiro atoms. The van der Waals surface area contributed by atoms with Gasteiger partial charge in [0.25, 0.3) is 11.1 Å². The highest BCUT2D eigenvalue weighted by Crippen LogP contribution is 2.30. The fourth-order valence-corrected chi connectivity index (χ4v) is 3.12. The minimum Gasteiger partial charge on any atom is -0.496 e. The molecule has 0 fully saturated rings. The Morgan fingerprint density at radius 3 is 2.73 bits per heavy atom. The molecule has 1 amide bonds. The summed E-state index contributed by atoms with van der Waals surface area (Å²) in [6.45, 7) is 6.46. The molecule has 0 saturated heterocycles. The van der Waals surface area contributed by atoms with Crippen LogP contribution in [0.15, 0.2) is 33.9 Å². The van der Waals surface area contributed by atoms with Gasteiger partial charge in [-0.15, -0.1) is 10.2 Å². The van der Waals surface area contributed by atoms with Gasteiger partial charge < -0.3 is 14.5 Å². The first-order valence-corrected chi connectivity index (χ1v) is 9.87. The average molecular weight is 378 g/mol. The van der Waals surface area contributed by atoms with Crippen molar-refractivity contribution in [3.05, 3.63) is 24.3 Å². The molecule has 1 heterocycles. The van der Waals surface area contributed by atoms with Crippen molar-refractivity contribution >= 4 is 17.7 Å². The summed E-state index contributed by atoms with van der Waals surface area (Å²) in [6.07, 6.45) is 3.30. The van der Waals surface area contributed by atoms with E-state index in [9.17, 15) is 4.79 Å². The molecular weight excluding hydrogens is 350 g/mol. The van der Waals surface area contributed by atoms with Gasteiger partial charge in [0.1, 0.15) is 5.75 Å². The topological polar surface area (TPSA) is 77.2 Å². The lowest BCUT2D eigenvalue weighted by Gasteiger charge is -2.14. The third-order valence-corrected chi connectivity index (χ3v) is 4.72.